The summed E-state index contributed by atoms with van der Waals surface area (Å²) in [6.45, 7) is 1.76. The zero-order chi connectivity index (χ0) is 10.1. The van der Waals surface area contributed by atoms with Crippen LogP contribution < -0.4 is 5.73 Å². The molecule has 0 radical (unpaired) electrons. The first-order chi connectivity index (χ1) is 6.68. The molecule has 2 N–H and O–H groups in total. The summed E-state index contributed by atoms with van der Waals surface area (Å²) >= 11 is 0. The first-order valence-corrected chi connectivity index (χ1v) is 4.03. The Kier molecular flexibility index (Phi) is 1.92. The van der Waals surface area contributed by atoms with Crippen LogP contribution in [-0.2, 0) is 0 Å². The van der Waals surface area contributed by atoms with Crippen LogP contribution in [0.15, 0.2) is 22.6 Å². The number of benzene rings is 1. The van der Waals surface area contributed by atoms with E-state index in [4.69, 9.17) is 10.2 Å². The van der Waals surface area contributed by atoms with Gasteiger partial charge in [-0.25, -0.2) is 4.39 Å². The average molecular weight is 193 g/mol. The van der Waals surface area contributed by atoms with Gasteiger partial charge < -0.3 is 10.2 Å². The van der Waals surface area contributed by atoms with Gasteiger partial charge in [-0.3, -0.25) is 0 Å². The van der Waals surface area contributed by atoms with Crippen LogP contribution in [0.25, 0.3) is 11.5 Å². The van der Waals surface area contributed by atoms with E-state index in [0.29, 0.717) is 5.56 Å². The quantitative estimate of drug-likeness (QED) is 0.749. The van der Waals surface area contributed by atoms with Crippen molar-refractivity contribution in [1.82, 2.24) is 10.2 Å². The molecule has 0 aliphatic carbocycles. The van der Waals surface area contributed by atoms with Crippen LogP contribution >= 0.6 is 0 Å². The number of nitrogens with two attached hydrogens (primary N) is 1. The first-order valence-electron chi connectivity index (χ1n) is 4.03. The van der Waals surface area contributed by atoms with Gasteiger partial charge in [0.25, 0.3) is 5.89 Å². The molecule has 0 aliphatic heterocycles. The van der Waals surface area contributed by atoms with Crippen LogP contribution in [0.5, 0.6) is 0 Å². The lowest BCUT2D eigenvalue weighted by atomic mass is 10.1. The Morgan fingerprint density at radius 2 is 2.14 bits per heavy atom. The number of hydrogen-bond acceptors (Lipinski definition) is 4. The number of anilines is 1. The van der Waals surface area contributed by atoms with Gasteiger partial charge in [-0.05, 0) is 18.6 Å². The fourth-order valence-electron chi connectivity index (χ4n) is 1.24. The lowest BCUT2D eigenvalue weighted by Gasteiger charge is -2.00. The second-order valence-electron chi connectivity index (χ2n) is 2.88. The Morgan fingerprint density at radius 1 is 1.36 bits per heavy atom. The van der Waals surface area contributed by atoms with Gasteiger partial charge >= 0.3 is 6.01 Å². The largest absolute Gasteiger partial charge is 0.403 e. The molecule has 72 valence electrons. The molecule has 0 bridgehead atoms. The van der Waals surface area contributed by atoms with E-state index < -0.39 is 5.82 Å². The molecule has 4 nitrogen and oxygen atoms in total. The summed E-state index contributed by atoms with van der Waals surface area (Å²) in [5.41, 5.74) is 6.29. The SMILES string of the molecule is Cc1cccc(F)c1-c1nnc(N)o1. The van der Waals surface area contributed by atoms with Crippen LogP contribution in [0, 0.1) is 12.7 Å². The fraction of sp³-hybridized carbons (Fsp3) is 0.111. The molecular formula is C9H8FN3O. The van der Waals surface area contributed by atoms with Crippen molar-refractivity contribution in [2.75, 3.05) is 5.73 Å². The molecule has 0 aliphatic rings. The second-order valence-corrected chi connectivity index (χ2v) is 2.88. The van der Waals surface area contributed by atoms with E-state index in [1.54, 1.807) is 19.1 Å². The Balaban J connectivity index is 2.61. The lowest BCUT2D eigenvalue weighted by Crippen LogP contribution is -1.88. The number of hydrogen-bond donors (Lipinski definition) is 1. The molecule has 0 atom stereocenters. The lowest BCUT2D eigenvalue weighted by molar-refractivity contribution is 0.574. The molecular weight excluding hydrogens is 185 g/mol. The highest BCUT2D eigenvalue weighted by Crippen LogP contribution is 2.25. The van der Waals surface area contributed by atoms with Gasteiger partial charge in [0.05, 0.1) is 5.56 Å². The van der Waals surface area contributed by atoms with Gasteiger partial charge in [-0.2, -0.15) is 0 Å². The maximum absolute atomic E-state index is 13.4. The number of nitrogens with zero attached hydrogens (tertiary/aromatic N) is 2. The van der Waals surface area contributed by atoms with Crippen molar-refractivity contribution in [2.45, 2.75) is 6.92 Å². The van der Waals surface area contributed by atoms with Crippen molar-refractivity contribution in [3.63, 3.8) is 0 Å². The van der Waals surface area contributed by atoms with E-state index in [1.165, 1.54) is 6.07 Å². The van der Waals surface area contributed by atoms with E-state index in [-0.39, 0.29) is 11.9 Å². The normalized spacial score (nSPS) is 10.4. The van der Waals surface area contributed by atoms with Gasteiger partial charge in [-0.1, -0.05) is 17.2 Å². The third-order valence-corrected chi connectivity index (χ3v) is 1.88. The van der Waals surface area contributed by atoms with E-state index >= 15 is 0 Å². The standard InChI is InChI=1S/C9H8FN3O/c1-5-3-2-4-6(10)7(5)8-12-13-9(11)14-8/h2-4H,1H3,(H2,11,13). The first kappa shape index (κ1) is 8.68. The number of rotatable bonds is 1. The van der Waals surface area contributed by atoms with E-state index in [1.807, 2.05) is 0 Å². The molecule has 0 amide bonds. The minimum Gasteiger partial charge on any atom is -0.403 e. The molecule has 0 saturated carbocycles. The topological polar surface area (TPSA) is 64.9 Å². The molecule has 2 aromatic rings. The second kappa shape index (κ2) is 3.10. The van der Waals surface area contributed by atoms with E-state index in [0.717, 1.165) is 5.56 Å². The molecule has 1 aromatic heterocycles. The minimum absolute atomic E-state index is 0.0670. The molecule has 1 aromatic carbocycles. The van der Waals surface area contributed by atoms with Gasteiger partial charge in [-0.15, -0.1) is 5.10 Å². The summed E-state index contributed by atoms with van der Waals surface area (Å²) in [7, 11) is 0. The zero-order valence-corrected chi connectivity index (χ0v) is 7.49. The molecule has 1 heterocycles. The van der Waals surface area contributed by atoms with Gasteiger partial charge in [0, 0.05) is 0 Å². The van der Waals surface area contributed by atoms with Gasteiger partial charge in [0.2, 0.25) is 0 Å². The van der Waals surface area contributed by atoms with Gasteiger partial charge in [0.1, 0.15) is 5.82 Å². The fourth-order valence-corrected chi connectivity index (χ4v) is 1.24. The third kappa shape index (κ3) is 1.32. The monoisotopic (exact) mass is 193 g/mol. The Hall–Kier alpha value is -1.91. The molecule has 2 rings (SSSR count). The summed E-state index contributed by atoms with van der Waals surface area (Å²) in [6, 6.07) is 4.65. The highest BCUT2D eigenvalue weighted by Gasteiger charge is 2.13. The molecule has 0 unspecified atom stereocenters. The number of nitrogen functional groups attached to an aromatic ring is 1. The summed E-state index contributed by atoms with van der Waals surface area (Å²) in [6.07, 6.45) is 0. The van der Waals surface area contributed by atoms with Crippen molar-refractivity contribution in [1.29, 1.82) is 0 Å². The predicted molar refractivity (Wildman–Crippen MR) is 48.8 cm³/mol. The average Bonchev–Trinajstić information content (AvgIpc) is 2.51. The van der Waals surface area contributed by atoms with Crippen molar-refractivity contribution >= 4 is 6.01 Å². The van der Waals surface area contributed by atoms with Crippen LogP contribution in [0.4, 0.5) is 10.4 Å². The van der Waals surface area contributed by atoms with Crippen molar-refractivity contribution in [3.8, 4) is 11.5 Å². The molecule has 14 heavy (non-hydrogen) atoms. The molecule has 0 spiro atoms. The molecule has 0 saturated heterocycles. The number of aryl methyl sites for hydroxylation is 1. The predicted octanol–water partition coefficient (Wildman–Crippen LogP) is 1.77. The maximum atomic E-state index is 13.4. The van der Waals surface area contributed by atoms with Crippen molar-refractivity contribution in [3.05, 3.63) is 29.6 Å². The Labute approximate surface area is 79.6 Å². The van der Waals surface area contributed by atoms with Crippen LogP contribution in [0.1, 0.15) is 5.56 Å². The Bertz CT molecular complexity index is 447. The summed E-state index contributed by atoms with van der Waals surface area (Å²) in [5, 5.41) is 7.10. The minimum atomic E-state index is -0.395. The van der Waals surface area contributed by atoms with Crippen molar-refractivity contribution in [2.24, 2.45) is 0 Å². The summed E-state index contributed by atoms with van der Waals surface area (Å²) in [5.74, 6) is -0.285. The zero-order valence-electron chi connectivity index (χ0n) is 7.49. The number of halogens is 1. The van der Waals surface area contributed by atoms with Crippen molar-refractivity contribution < 1.29 is 8.81 Å². The van der Waals surface area contributed by atoms with E-state index in [2.05, 4.69) is 10.2 Å². The Morgan fingerprint density at radius 3 is 2.71 bits per heavy atom. The highest BCUT2D eigenvalue weighted by atomic mass is 19.1. The smallest absolute Gasteiger partial charge is 0.313 e. The molecule has 0 fully saturated rings. The van der Waals surface area contributed by atoms with Gasteiger partial charge in [0.15, 0.2) is 0 Å². The number of aromatic nitrogens is 2. The highest BCUT2D eigenvalue weighted by molar-refractivity contribution is 5.59. The van der Waals surface area contributed by atoms with Crippen LogP contribution in [0.3, 0.4) is 0 Å². The van der Waals surface area contributed by atoms with Crippen LogP contribution in [-0.4, -0.2) is 10.2 Å². The molecule has 5 heteroatoms. The van der Waals surface area contributed by atoms with Crippen LogP contribution in [0.2, 0.25) is 0 Å². The maximum Gasteiger partial charge on any atom is 0.313 e. The summed E-state index contributed by atoms with van der Waals surface area (Å²) in [4.78, 5) is 0. The summed E-state index contributed by atoms with van der Waals surface area (Å²) < 4.78 is 18.3. The van der Waals surface area contributed by atoms with E-state index in [9.17, 15) is 4.39 Å². The third-order valence-electron chi connectivity index (χ3n) is 1.88.